The molecule has 5 nitrogen and oxygen atoms in total. The summed E-state index contributed by atoms with van der Waals surface area (Å²) in [6, 6.07) is 16.7. The Morgan fingerprint density at radius 3 is 2.27 bits per heavy atom. The average molecular weight is 397 g/mol. The molecule has 0 saturated heterocycles. The van der Waals surface area contributed by atoms with Gasteiger partial charge >= 0.3 is 0 Å². The monoisotopic (exact) mass is 396 g/mol. The zero-order valence-corrected chi connectivity index (χ0v) is 16.0. The third kappa shape index (κ3) is 5.88. The van der Waals surface area contributed by atoms with Gasteiger partial charge in [-0.3, -0.25) is 4.79 Å². The van der Waals surface area contributed by atoms with Gasteiger partial charge in [-0.25, -0.2) is 0 Å². The van der Waals surface area contributed by atoms with Crippen LogP contribution in [0, 0.1) is 0 Å². The standard InChI is InChI=1S/C19H22Cl2N2O3/c1-2-25-13-12-23(19(24)17(20)21)18(22)14-8-10-16(11-9-14)26-15-6-4-3-5-7-15/h3-11,17-18H,2,12-13,22H2,1H3. The molecule has 1 amide bonds. The Labute approximate surface area is 163 Å². The molecule has 1 unspecified atom stereocenters. The number of ether oxygens (including phenoxy) is 2. The van der Waals surface area contributed by atoms with Crippen LogP contribution in [0.2, 0.25) is 0 Å². The average Bonchev–Trinajstić information content (AvgIpc) is 2.66. The summed E-state index contributed by atoms with van der Waals surface area (Å²) in [6.07, 6.45) is -0.686. The molecule has 0 heterocycles. The van der Waals surface area contributed by atoms with Crippen LogP contribution < -0.4 is 10.5 Å². The first kappa shape index (κ1) is 20.5. The molecule has 0 aliphatic heterocycles. The van der Waals surface area contributed by atoms with Crippen LogP contribution in [0.15, 0.2) is 54.6 Å². The van der Waals surface area contributed by atoms with Gasteiger partial charge in [-0.1, -0.05) is 53.5 Å². The number of carbonyl (C=O) groups excluding carboxylic acids is 1. The fraction of sp³-hybridized carbons (Fsp3) is 0.316. The lowest BCUT2D eigenvalue weighted by molar-refractivity contribution is -0.132. The van der Waals surface area contributed by atoms with Gasteiger partial charge in [0, 0.05) is 13.2 Å². The van der Waals surface area contributed by atoms with Crippen molar-refractivity contribution in [2.45, 2.75) is 17.9 Å². The van der Waals surface area contributed by atoms with Crippen molar-refractivity contribution < 1.29 is 14.3 Å². The number of benzene rings is 2. The molecule has 0 saturated carbocycles. The topological polar surface area (TPSA) is 64.8 Å². The summed E-state index contributed by atoms with van der Waals surface area (Å²) < 4.78 is 11.1. The maximum atomic E-state index is 12.3. The Morgan fingerprint density at radius 2 is 1.69 bits per heavy atom. The predicted octanol–water partition coefficient (Wildman–Crippen LogP) is 4.11. The molecule has 140 valence electrons. The molecule has 7 heteroatoms. The van der Waals surface area contributed by atoms with Crippen LogP contribution in [0.1, 0.15) is 18.7 Å². The number of alkyl halides is 2. The minimum atomic E-state index is -1.18. The molecule has 0 aliphatic carbocycles. The SMILES string of the molecule is CCOCCN(C(=O)C(Cl)Cl)C(N)c1ccc(Oc2ccccc2)cc1. The molecular formula is C19H22Cl2N2O3. The number of para-hydroxylation sites is 1. The van der Waals surface area contributed by atoms with Crippen LogP contribution in [-0.2, 0) is 9.53 Å². The van der Waals surface area contributed by atoms with Crippen molar-refractivity contribution in [3.63, 3.8) is 0 Å². The molecular weight excluding hydrogens is 375 g/mol. The van der Waals surface area contributed by atoms with E-state index >= 15 is 0 Å². The molecule has 2 aromatic rings. The van der Waals surface area contributed by atoms with E-state index in [-0.39, 0.29) is 0 Å². The van der Waals surface area contributed by atoms with E-state index in [0.717, 1.165) is 11.3 Å². The fourth-order valence-corrected chi connectivity index (χ4v) is 2.61. The highest BCUT2D eigenvalue weighted by Gasteiger charge is 2.26. The van der Waals surface area contributed by atoms with Crippen molar-refractivity contribution in [2.75, 3.05) is 19.8 Å². The van der Waals surface area contributed by atoms with Gasteiger partial charge < -0.3 is 20.1 Å². The van der Waals surface area contributed by atoms with Gasteiger partial charge in [-0.05, 0) is 36.8 Å². The highest BCUT2D eigenvalue weighted by Crippen LogP contribution is 2.24. The number of hydrogen-bond acceptors (Lipinski definition) is 4. The molecule has 26 heavy (non-hydrogen) atoms. The maximum Gasteiger partial charge on any atom is 0.257 e. The van der Waals surface area contributed by atoms with Crippen molar-refractivity contribution in [3.05, 3.63) is 60.2 Å². The van der Waals surface area contributed by atoms with Crippen LogP contribution >= 0.6 is 23.2 Å². The first-order chi connectivity index (χ1) is 12.5. The summed E-state index contributed by atoms with van der Waals surface area (Å²) >= 11 is 11.5. The van der Waals surface area contributed by atoms with Gasteiger partial charge in [0.05, 0.1) is 6.61 Å². The number of nitrogens with zero attached hydrogens (tertiary/aromatic N) is 1. The van der Waals surface area contributed by atoms with Crippen LogP contribution in [0.4, 0.5) is 0 Å². The highest BCUT2D eigenvalue weighted by atomic mass is 35.5. The van der Waals surface area contributed by atoms with Crippen molar-refractivity contribution >= 4 is 29.1 Å². The van der Waals surface area contributed by atoms with E-state index in [2.05, 4.69) is 0 Å². The second-order valence-corrected chi connectivity index (χ2v) is 6.55. The number of hydrogen-bond donors (Lipinski definition) is 1. The Balaban J connectivity index is 2.09. The van der Waals surface area contributed by atoms with Gasteiger partial charge in [0.2, 0.25) is 0 Å². The molecule has 2 rings (SSSR count). The van der Waals surface area contributed by atoms with Crippen molar-refractivity contribution in [1.29, 1.82) is 0 Å². The third-order valence-electron chi connectivity index (χ3n) is 3.69. The second-order valence-electron chi connectivity index (χ2n) is 5.46. The van der Waals surface area contributed by atoms with E-state index in [4.69, 9.17) is 38.4 Å². The highest BCUT2D eigenvalue weighted by molar-refractivity contribution is 6.53. The number of nitrogens with two attached hydrogens (primary N) is 1. The van der Waals surface area contributed by atoms with E-state index in [1.54, 1.807) is 24.3 Å². The van der Waals surface area contributed by atoms with Gasteiger partial charge in [0.1, 0.15) is 17.7 Å². The number of rotatable bonds is 9. The molecule has 0 fully saturated rings. The number of halogens is 2. The maximum absolute atomic E-state index is 12.3. The summed E-state index contributed by atoms with van der Waals surface area (Å²) in [4.78, 5) is 12.5. The molecule has 2 aromatic carbocycles. The molecule has 0 aliphatic rings. The Kier molecular flexibility index (Phi) is 8.19. The van der Waals surface area contributed by atoms with E-state index < -0.39 is 16.9 Å². The van der Waals surface area contributed by atoms with Gasteiger partial charge in [-0.2, -0.15) is 0 Å². The van der Waals surface area contributed by atoms with Crippen molar-refractivity contribution in [2.24, 2.45) is 5.73 Å². The van der Waals surface area contributed by atoms with Gasteiger partial charge in [0.25, 0.3) is 5.91 Å². The third-order valence-corrected chi connectivity index (χ3v) is 4.06. The van der Waals surface area contributed by atoms with Crippen LogP contribution in [-0.4, -0.2) is 35.4 Å². The minimum absolute atomic E-state index is 0.298. The molecule has 2 N–H and O–H groups in total. The lowest BCUT2D eigenvalue weighted by Gasteiger charge is -2.29. The normalized spacial score (nSPS) is 12.0. The second kappa shape index (κ2) is 10.4. The first-order valence-electron chi connectivity index (χ1n) is 8.27. The number of carbonyl (C=O) groups is 1. The minimum Gasteiger partial charge on any atom is -0.457 e. The predicted molar refractivity (Wildman–Crippen MR) is 104 cm³/mol. The molecule has 0 bridgehead atoms. The largest absolute Gasteiger partial charge is 0.457 e. The molecule has 0 spiro atoms. The summed E-state index contributed by atoms with van der Waals surface area (Å²) in [5.74, 6) is 0.960. The van der Waals surface area contributed by atoms with E-state index in [9.17, 15) is 4.79 Å². The molecule has 0 radical (unpaired) electrons. The summed E-state index contributed by atoms with van der Waals surface area (Å²) in [6.45, 7) is 3.08. The van der Waals surface area contributed by atoms with Crippen LogP contribution in [0.5, 0.6) is 11.5 Å². The summed E-state index contributed by atoms with van der Waals surface area (Å²) in [7, 11) is 0. The van der Waals surface area contributed by atoms with Gasteiger partial charge in [-0.15, -0.1) is 0 Å². The van der Waals surface area contributed by atoms with E-state index in [1.165, 1.54) is 4.90 Å². The fourth-order valence-electron chi connectivity index (χ4n) is 2.36. The Bertz CT molecular complexity index is 681. The zero-order valence-electron chi connectivity index (χ0n) is 14.5. The quantitative estimate of drug-likeness (QED) is 0.393. The molecule has 1 atom stereocenters. The van der Waals surface area contributed by atoms with Crippen LogP contribution in [0.25, 0.3) is 0 Å². The van der Waals surface area contributed by atoms with E-state index in [0.29, 0.717) is 25.5 Å². The lowest BCUT2D eigenvalue weighted by Crippen LogP contribution is -2.43. The lowest BCUT2D eigenvalue weighted by atomic mass is 10.1. The first-order valence-corrected chi connectivity index (χ1v) is 9.15. The van der Waals surface area contributed by atoms with Crippen LogP contribution in [0.3, 0.4) is 0 Å². The Morgan fingerprint density at radius 1 is 1.08 bits per heavy atom. The van der Waals surface area contributed by atoms with Gasteiger partial charge in [0.15, 0.2) is 4.84 Å². The smallest absolute Gasteiger partial charge is 0.257 e. The van der Waals surface area contributed by atoms with Crippen molar-refractivity contribution in [1.82, 2.24) is 4.90 Å². The summed E-state index contributed by atoms with van der Waals surface area (Å²) in [5, 5.41) is 0. The Hall–Kier alpha value is -1.79. The van der Waals surface area contributed by atoms with E-state index in [1.807, 2.05) is 37.3 Å². The van der Waals surface area contributed by atoms with Crippen molar-refractivity contribution in [3.8, 4) is 11.5 Å². The zero-order chi connectivity index (χ0) is 18.9. The summed E-state index contributed by atoms with van der Waals surface area (Å²) in [5.41, 5.74) is 6.99. The number of amides is 1. The molecule has 0 aromatic heterocycles.